The molecule has 0 saturated heterocycles. The lowest BCUT2D eigenvalue weighted by molar-refractivity contribution is -0.692. The third-order valence-corrected chi connectivity index (χ3v) is 6.11. The quantitative estimate of drug-likeness (QED) is 0.240. The fourth-order valence-corrected chi connectivity index (χ4v) is 4.01. The topological polar surface area (TPSA) is 31.6 Å². The molecule has 7 heteroatoms. The number of rotatable bonds is 8. The molecule has 1 aromatic heterocycles. The summed E-state index contributed by atoms with van der Waals surface area (Å²) < 4.78 is 18.3. The van der Waals surface area contributed by atoms with Crippen LogP contribution >= 0.6 is 11.3 Å². The van der Waals surface area contributed by atoms with Gasteiger partial charge in [0.2, 0.25) is 5.51 Å². The van der Waals surface area contributed by atoms with Crippen molar-refractivity contribution in [3.8, 4) is 0 Å². The maximum Gasteiger partial charge on any atom is 0.500 e. The van der Waals surface area contributed by atoms with E-state index in [2.05, 4.69) is 21.7 Å². The van der Waals surface area contributed by atoms with Crippen LogP contribution in [-0.4, -0.2) is 30.1 Å². The van der Waals surface area contributed by atoms with Gasteiger partial charge in [0.25, 0.3) is 0 Å². The van der Waals surface area contributed by atoms with Crippen LogP contribution < -0.4 is 28.5 Å². The second kappa shape index (κ2) is 9.40. The van der Waals surface area contributed by atoms with Crippen molar-refractivity contribution in [1.29, 1.82) is 0 Å². The molecule has 0 spiro atoms. The first kappa shape index (κ1) is 17.5. The van der Waals surface area contributed by atoms with E-state index >= 15 is 0 Å². The van der Waals surface area contributed by atoms with Crippen molar-refractivity contribution in [2.24, 2.45) is 0 Å². The Balaban J connectivity index is 0.00000256. The van der Waals surface area contributed by atoms with Crippen LogP contribution in [0.3, 0.4) is 0 Å². The number of hydrogen-bond acceptors (Lipinski definition) is 4. The van der Waals surface area contributed by atoms with Gasteiger partial charge in [0.15, 0.2) is 6.20 Å². The summed E-state index contributed by atoms with van der Waals surface area (Å²) in [5, 5.41) is 2.08. The third-order valence-electron chi connectivity index (χ3n) is 2.61. The van der Waals surface area contributed by atoms with E-state index in [9.17, 15) is 0 Å². The summed E-state index contributed by atoms with van der Waals surface area (Å²) in [7, 11) is 2.63. The number of aromatic nitrogens is 1. The van der Waals surface area contributed by atoms with E-state index < -0.39 is 8.80 Å². The fourth-order valence-electron chi connectivity index (χ4n) is 1.58. The van der Waals surface area contributed by atoms with Crippen LogP contribution in [0.25, 0.3) is 0 Å². The molecule has 0 fully saturated rings. The van der Waals surface area contributed by atoms with Crippen LogP contribution in [0.4, 0.5) is 0 Å². The molecule has 0 bridgehead atoms. The minimum atomic E-state index is -2.35. The van der Waals surface area contributed by atoms with E-state index in [1.54, 1.807) is 32.7 Å². The maximum atomic E-state index is 5.36. The molecule has 17 heavy (non-hydrogen) atoms. The highest BCUT2D eigenvalue weighted by Gasteiger charge is 2.36. The van der Waals surface area contributed by atoms with Gasteiger partial charge in [-0.1, -0.05) is 11.3 Å². The van der Waals surface area contributed by atoms with Gasteiger partial charge in [0, 0.05) is 33.8 Å². The Labute approximate surface area is 125 Å². The van der Waals surface area contributed by atoms with Crippen molar-refractivity contribution in [2.45, 2.75) is 25.4 Å². The average Bonchev–Trinajstić information content (AvgIpc) is 2.83. The number of unbranched alkanes of at least 4 members (excludes halogenated alkanes) is 1. The zero-order valence-corrected chi connectivity index (χ0v) is 14.5. The second-order valence-electron chi connectivity index (χ2n) is 3.52. The number of thiazole rings is 1. The predicted octanol–water partition coefficient (Wildman–Crippen LogP) is -1.30. The summed E-state index contributed by atoms with van der Waals surface area (Å²) in [6.07, 6.45) is 4.27. The van der Waals surface area contributed by atoms with Gasteiger partial charge in [-0.3, -0.25) is 0 Å². The molecule has 0 aliphatic rings. The minimum absolute atomic E-state index is 0. The van der Waals surface area contributed by atoms with Crippen LogP contribution in [0.15, 0.2) is 17.1 Å². The SMILES string of the molecule is CO[Si](CCCC[n+]1ccsc1)(OC)OC.[I-]. The molecular formula is C10H20INO3SSi. The Morgan fingerprint density at radius 3 is 2.24 bits per heavy atom. The molecule has 0 aliphatic carbocycles. The number of aryl methyl sites for hydroxylation is 1. The van der Waals surface area contributed by atoms with Gasteiger partial charge < -0.3 is 37.3 Å². The highest BCUT2D eigenvalue weighted by molar-refractivity contribution is 7.07. The van der Waals surface area contributed by atoms with Crippen molar-refractivity contribution in [3.63, 3.8) is 0 Å². The van der Waals surface area contributed by atoms with Gasteiger partial charge in [0.05, 0.1) is 5.38 Å². The van der Waals surface area contributed by atoms with Crippen LogP contribution in [-0.2, 0) is 19.8 Å². The van der Waals surface area contributed by atoms with Crippen LogP contribution in [0.5, 0.6) is 0 Å². The molecule has 1 aromatic rings. The Morgan fingerprint density at radius 1 is 1.12 bits per heavy atom. The Bertz CT molecular complexity index is 275. The fraction of sp³-hybridized carbons (Fsp3) is 0.700. The smallest absolute Gasteiger partial charge is 0.500 e. The van der Waals surface area contributed by atoms with E-state index in [0.29, 0.717) is 0 Å². The molecule has 0 saturated carbocycles. The lowest BCUT2D eigenvalue weighted by atomic mass is 10.3. The number of halogens is 1. The zero-order chi connectivity index (χ0) is 11.9. The van der Waals surface area contributed by atoms with Gasteiger partial charge >= 0.3 is 8.80 Å². The Hall–Kier alpha value is 0.457. The zero-order valence-electron chi connectivity index (χ0n) is 10.5. The minimum Gasteiger partial charge on any atom is -1.00 e. The molecule has 0 N–H and O–H groups in total. The van der Waals surface area contributed by atoms with E-state index in [1.165, 1.54) is 0 Å². The van der Waals surface area contributed by atoms with Crippen molar-refractivity contribution < 1.29 is 41.8 Å². The number of nitrogens with zero attached hydrogens (tertiary/aromatic N) is 1. The first-order chi connectivity index (χ1) is 7.76. The normalized spacial score (nSPS) is 11.2. The molecule has 0 aliphatic heterocycles. The third kappa shape index (κ3) is 5.75. The summed E-state index contributed by atoms with van der Waals surface area (Å²) in [5.74, 6) is 0. The number of hydrogen-bond donors (Lipinski definition) is 0. The molecule has 0 amide bonds. The summed E-state index contributed by atoms with van der Waals surface area (Å²) in [4.78, 5) is 0. The Morgan fingerprint density at radius 2 is 1.76 bits per heavy atom. The van der Waals surface area contributed by atoms with Crippen molar-refractivity contribution in [1.82, 2.24) is 0 Å². The van der Waals surface area contributed by atoms with Crippen LogP contribution in [0.1, 0.15) is 12.8 Å². The van der Waals surface area contributed by atoms with E-state index in [0.717, 1.165) is 25.4 Å². The average molecular weight is 389 g/mol. The lowest BCUT2D eigenvalue weighted by Crippen LogP contribution is -3.00. The van der Waals surface area contributed by atoms with Crippen molar-refractivity contribution >= 4 is 20.1 Å². The molecule has 0 unspecified atom stereocenters. The maximum absolute atomic E-state index is 5.36. The predicted molar refractivity (Wildman–Crippen MR) is 65.3 cm³/mol. The molecule has 0 radical (unpaired) electrons. The summed E-state index contributed by atoms with van der Waals surface area (Å²) in [6.45, 7) is 1.05. The van der Waals surface area contributed by atoms with Gasteiger partial charge in [-0.25, -0.2) is 0 Å². The van der Waals surface area contributed by atoms with Gasteiger partial charge in [-0.05, 0) is 6.42 Å². The molecule has 4 nitrogen and oxygen atoms in total. The largest absolute Gasteiger partial charge is 1.00 e. The summed E-state index contributed by atoms with van der Waals surface area (Å²) in [6, 6.07) is 0.876. The summed E-state index contributed by atoms with van der Waals surface area (Å²) >= 11 is 1.71. The molecular weight excluding hydrogens is 369 g/mol. The van der Waals surface area contributed by atoms with Gasteiger partial charge in [-0.15, -0.1) is 0 Å². The highest BCUT2D eigenvalue weighted by atomic mass is 127. The molecule has 1 heterocycles. The van der Waals surface area contributed by atoms with Gasteiger partial charge in [-0.2, -0.15) is 4.57 Å². The second-order valence-corrected chi connectivity index (χ2v) is 7.36. The lowest BCUT2D eigenvalue weighted by Gasteiger charge is -2.23. The van der Waals surface area contributed by atoms with E-state index in [4.69, 9.17) is 13.3 Å². The molecule has 0 atom stereocenters. The first-order valence-corrected chi connectivity index (χ1v) is 8.20. The van der Waals surface area contributed by atoms with Crippen molar-refractivity contribution in [2.75, 3.05) is 21.3 Å². The monoisotopic (exact) mass is 389 g/mol. The molecule has 1 rings (SSSR count). The van der Waals surface area contributed by atoms with E-state index in [1.807, 2.05) is 0 Å². The van der Waals surface area contributed by atoms with Crippen LogP contribution in [0.2, 0.25) is 6.04 Å². The standard InChI is InChI=1S/C10H20NO3SSi.HI/c1-12-16(13-2,14-3)9-5-4-6-11-7-8-15-10-11;/h7-8,10H,4-6,9H2,1-3H3;1H/q+1;/p-1. The van der Waals surface area contributed by atoms with E-state index in [-0.39, 0.29) is 24.0 Å². The summed E-state index contributed by atoms with van der Waals surface area (Å²) in [5.41, 5.74) is 2.12. The molecule has 0 aromatic carbocycles. The van der Waals surface area contributed by atoms with Crippen molar-refractivity contribution in [3.05, 3.63) is 17.1 Å². The first-order valence-electron chi connectivity index (χ1n) is 5.33. The van der Waals surface area contributed by atoms with Gasteiger partial charge in [0.1, 0.15) is 6.54 Å². The van der Waals surface area contributed by atoms with Crippen LogP contribution in [0, 0.1) is 0 Å². The Kier molecular flexibility index (Phi) is 9.65. The molecule has 100 valence electrons. The highest BCUT2D eigenvalue weighted by Crippen LogP contribution is 2.16.